The van der Waals surface area contributed by atoms with E-state index in [0.29, 0.717) is 18.4 Å². The van der Waals surface area contributed by atoms with Gasteiger partial charge in [-0.05, 0) is 36.2 Å². The van der Waals surface area contributed by atoms with Crippen molar-refractivity contribution in [3.05, 3.63) is 48.2 Å². The molecule has 0 radical (unpaired) electrons. The van der Waals surface area contributed by atoms with Crippen LogP contribution >= 0.6 is 0 Å². The van der Waals surface area contributed by atoms with Crippen LogP contribution in [-0.4, -0.2) is 33.5 Å². The highest BCUT2D eigenvalue weighted by Gasteiger charge is 2.67. The van der Waals surface area contributed by atoms with Gasteiger partial charge in [-0.2, -0.15) is 10.1 Å². The van der Waals surface area contributed by atoms with E-state index >= 15 is 0 Å². The number of para-hydroxylation sites is 1. The summed E-state index contributed by atoms with van der Waals surface area (Å²) in [7, 11) is 0. The first kappa shape index (κ1) is 17.6. The zero-order valence-corrected chi connectivity index (χ0v) is 16.3. The van der Waals surface area contributed by atoms with E-state index in [9.17, 15) is 14.4 Å². The minimum Gasteiger partial charge on any atom is -0.370 e. The van der Waals surface area contributed by atoms with Crippen LogP contribution in [0.15, 0.2) is 47.7 Å². The fourth-order valence-electron chi connectivity index (χ4n) is 5.97. The summed E-state index contributed by atoms with van der Waals surface area (Å²) in [5, 5.41) is 6.40. The zero-order chi connectivity index (χ0) is 20.6. The predicted octanol–water partition coefficient (Wildman–Crippen LogP) is 1.90. The van der Waals surface area contributed by atoms with Crippen molar-refractivity contribution in [2.75, 3.05) is 0 Å². The van der Waals surface area contributed by atoms with Crippen molar-refractivity contribution >= 4 is 34.8 Å². The largest absolute Gasteiger partial charge is 0.370 e. The van der Waals surface area contributed by atoms with Crippen molar-refractivity contribution in [1.82, 2.24) is 9.58 Å². The molecule has 3 amide bonds. The second-order valence-electron chi connectivity index (χ2n) is 8.90. The Morgan fingerprint density at radius 2 is 1.77 bits per heavy atom. The van der Waals surface area contributed by atoms with Gasteiger partial charge in [0.25, 0.3) is 11.8 Å². The van der Waals surface area contributed by atoms with Gasteiger partial charge in [0.2, 0.25) is 5.91 Å². The number of nitrogens with two attached hydrogens (primary N) is 1. The number of hydrogen-bond donors (Lipinski definition) is 1. The minimum atomic E-state index is -0.361. The Labute approximate surface area is 173 Å². The maximum atomic E-state index is 13.1. The highest BCUT2D eigenvalue weighted by molar-refractivity contribution is 6.07. The Kier molecular flexibility index (Phi) is 3.61. The van der Waals surface area contributed by atoms with E-state index in [1.54, 1.807) is 6.21 Å². The molecule has 4 aliphatic carbocycles. The average molecular weight is 402 g/mol. The first-order chi connectivity index (χ1) is 14.5. The van der Waals surface area contributed by atoms with Crippen molar-refractivity contribution in [2.24, 2.45) is 46.3 Å². The number of primary amides is 1. The summed E-state index contributed by atoms with van der Waals surface area (Å²) >= 11 is 0. The van der Waals surface area contributed by atoms with Crippen molar-refractivity contribution in [3.63, 3.8) is 0 Å². The van der Waals surface area contributed by atoms with Crippen molar-refractivity contribution in [1.29, 1.82) is 0 Å². The molecule has 0 unspecified atom stereocenters. The molecule has 30 heavy (non-hydrogen) atoms. The second-order valence-corrected chi connectivity index (χ2v) is 8.90. The monoisotopic (exact) mass is 402 g/mol. The van der Waals surface area contributed by atoms with Gasteiger partial charge in [0.15, 0.2) is 0 Å². The summed E-state index contributed by atoms with van der Waals surface area (Å²) in [5.41, 5.74) is 7.05. The number of amides is 3. The molecule has 7 rings (SSSR count). The molecule has 1 aromatic heterocycles. The van der Waals surface area contributed by atoms with Gasteiger partial charge in [-0.25, -0.2) is 0 Å². The van der Waals surface area contributed by atoms with Gasteiger partial charge in [-0.1, -0.05) is 30.4 Å². The Morgan fingerprint density at radius 1 is 1.10 bits per heavy atom. The first-order valence-corrected chi connectivity index (χ1v) is 10.5. The van der Waals surface area contributed by atoms with E-state index < -0.39 is 0 Å². The lowest BCUT2D eigenvalue weighted by molar-refractivity contribution is -0.140. The molecule has 5 aliphatic rings. The molecular formula is C23H22N4O3. The normalized spacial score (nSPS) is 33.5. The Morgan fingerprint density at radius 3 is 2.43 bits per heavy atom. The van der Waals surface area contributed by atoms with E-state index in [2.05, 4.69) is 17.3 Å². The number of hydrogen-bond acceptors (Lipinski definition) is 4. The van der Waals surface area contributed by atoms with E-state index in [1.807, 2.05) is 35.0 Å². The van der Waals surface area contributed by atoms with Crippen LogP contribution in [0, 0.1) is 35.5 Å². The summed E-state index contributed by atoms with van der Waals surface area (Å²) in [4.78, 5) is 37.3. The molecule has 1 aliphatic heterocycles. The van der Waals surface area contributed by atoms with Gasteiger partial charge in [-0.15, -0.1) is 0 Å². The average Bonchev–Trinajstić information content (AvgIpc) is 3.45. The standard InChI is InChI=1S/C23H22N4O3/c24-19(28)7-8-26-11-12(13-3-1-2-4-18(13)26)10-25-27-22(29)20-14-5-6-15(17-9-16(14)17)21(20)23(27)30/h1-6,10-11,14-17,20-21H,7-9H2,(H2,24,28)/b25-10-/t14-,15-,16-,17-,20-,21+/m0/s1. The number of rotatable bonds is 5. The molecule has 2 N–H and O–H groups in total. The summed E-state index contributed by atoms with van der Waals surface area (Å²) < 4.78 is 1.95. The molecule has 2 aromatic rings. The number of aryl methyl sites for hydroxylation is 1. The van der Waals surface area contributed by atoms with E-state index in [-0.39, 0.29) is 47.8 Å². The number of carbonyl (C=O) groups excluding carboxylic acids is 3. The van der Waals surface area contributed by atoms with Gasteiger partial charge in [-0.3, -0.25) is 14.4 Å². The van der Waals surface area contributed by atoms with Crippen LogP contribution < -0.4 is 5.73 Å². The van der Waals surface area contributed by atoms with Crippen molar-refractivity contribution in [2.45, 2.75) is 19.4 Å². The third kappa shape index (κ3) is 2.38. The number of imide groups is 1. The number of carbonyl (C=O) groups is 3. The molecule has 7 nitrogen and oxygen atoms in total. The maximum Gasteiger partial charge on any atom is 0.254 e. The lowest BCUT2D eigenvalue weighted by Gasteiger charge is -2.37. The number of benzene rings is 1. The predicted molar refractivity (Wildman–Crippen MR) is 110 cm³/mol. The van der Waals surface area contributed by atoms with Crippen molar-refractivity contribution < 1.29 is 14.4 Å². The molecule has 2 bridgehead atoms. The molecule has 0 spiro atoms. The highest BCUT2D eigenvalue weighted by atomic mass is 16.2. The topological polar surface area (TPSA) is 97.8 Å². The smallest absolute Gasteiger partial charge is 0.254 e. The summed E-state index contributed by atoms with van der Waals surface area (Å²) in [6, 6.07) is 7.78. The van der Waals surface area contributed by atoms with E-state index in [1.165, 1.54) is 0 Å². The Balaban J connectivity index is 1.31. The highest BCUT2D eigenvalue weighted by Crippen LogP contribution is 2.65. The first-order valence-electron chi connectivity index (χ1n) is 10.5. The van der Waals surface area contributed by atoms with Gasteiger partial charge in [0.05, 0.1) is 18.1 Å². The number of hydrazone groups is 1. The number of allylic oxidation sites excluding steroid dienone is 2. The van der Waals surface area contributed by atoms with Crippen LogP contribution in [0.5, 0.6) is 0 Å². The van der Waals surface area contributed by atoms with Crippen LogP contribution in [0.3, 0.4) is 0 Å². The molecule has 7 heteroatoms. The fraction of sp³-hybridized carbons (Fsp3) is 0.391. The van der Waals surface area contributed by atoms with Gasteiger partial charge in [0.1, 0.15) is 0 Å². The molecule has 1 saturated heterocycles. The summed E-state index contributed by atoms with van der Waals surface area (Å²) in [5.74, 6) is 0.354. The van der Waals surface area contributed by atoms with Gasteiger partial charge >= 0.3 is 0 Å². The number of aromatic nitrogens is 1. The third-order valence-electron chi connectivity index (χ3n) is 7.37. The molecule has 152 valence electrons. The van der Waals surface area contributed by atoms with Crippen molar-refractivity contribution in [3.8, 4) is 0 Å². The molecule has 2 saturated carbocycles. The van der Waals surface area contributed by atoms with E-state index in [4.69, 9.17) is 5.73 Å². The SMILES string of the molecule is NC(=O)CCn1cc(/C=N\N2C(=O)[C@@H]3[C@H]4C=C[C@@H]([C@@H]5C[C@@H]45)[C@@H]3C2=O)c2ccccc21. The fourth-order valence-corrected chi connectivity index (χ4v) is 5.97. The molecule has 6 atom stereocenters. The number of fused-ring (bicyclic) bond motifs is 1. The maximum absolute atomic E-state index is 13.1. The zero-order valence-electron chi connectivity index (χ0n) is 16.3. The lowest BCUT2D eigenvalue weighted by atomic mass is 9.63. The second kappa shape index (κ2) is 6.14. The summed E-state index contributed by atoms with van der Waals surface area (Å²) in [6.07, 6.45) is 9.17. The molecule has 2 heterocycles. The Bertz CT molecular complexity index is 1130. The van der Waals surface area contributed by atoms with Gasteiger partial charge < -0.3 is 10.3 Å². The van der Waals surface area contributed by atoms with Crippen LogP contribution in [-0.2, 0) is 20.9 Å². The number of nitrogens with zero attached hydrogens (tertiary/aromatic N) is 3. The van der Waals surface area contributed by atoms with Crippen LogP contribution in [0.1, 0.15) is 18.4 Å². The quantitative estimate of drug-likeness (QED) is 0.470. The minimum absolute atomic E-state index is 0.164. The molecular weight excluding hydrogens is 380 g/mol. The molecule has 3 fully saturated rings. The molecule has 1 aromatic carbocycles. The summed E-state index contributed by atoms with van der Waals surface area (Å²) in [6.45, 7) is 0.465. The lowest BCUT2D eigenvalue weighted by Crippen LogP contribution is -2.40. The van der Waals surface area contributed by atoms with Gasteiger partial charge in [0, 0.05) is 35.6 Å². The third-order valence-corrected chi connectivity index (χ3v) is 7.37. The van der Waals surface area contributed by atoms with E-state index in [0.717, 1.165) is 27.9 Å². The van der Waals surface area contributed by atoms with Crippen LogP contribution in [0.4, 0.5) is 0 Å². The Hall–Kier alpha value is -3.22. The van der Waals surface area contributed by atoms with Crippen LogP contribution in [0.2, 0.25) is 0 Å². The van der Waals surface area contributed by atoms with Crippen LogP contribution in [0.25, 0.3) is 10.9 Å².